The molecular weight excluding hydrogens is 320 g/mol. The van der Waals surface area contributed by atoms with Crippen LogP contribution in [0.1, 0.15) is 39.7 Å². The summed E-state index contributed by atoms with van der Waals surface area (Å²) < 4.78 is 5.16. The van der Waals surface area contributed by atoms with E-state index < -0.39 is 18.2 Å². The summed E-state index contributed by atoms with van der Waals surface area (Å²) in [7, 11) is 0. The van der Waals surface area contributed by atoms with Gasteiger partial charge in [0.2, 0.25) is 5.91 Å². The van der Waals surface area contributed by atoms with E-state index in [1.165, 1.54) is 0 Å². The lowest BCUT2D eigenvalue weighted by Gasteiger charge is -2.24. The summed E-state index contributed by atoms with van der Waals surface area (Å²) in [5.41, 5.74) is 0.862. The molecule has 0 radical (unpaired) electrons. The zero-order valence-corrected chi connectivity index (χ0v) is 15.3. The van der Waals surface area contributed by atoms with Crippen LogP contribution in [0.2, 0.25) is 0 Å². The van der Waals surface area contributed by atoms with Gasteiger partial charge in [-0.1, -0.05) is 58.0 Å². The summed E-state index contributed by atoms with van der Waals surface area (Å²) in [4.78, 5) is 35.5. The van der Waals surface area contributed by atoms with E-state index in [0.717, 1.165) is 11.8 Å². The van der Waals surface area contributed by atoms with Crippen LogP contribution >= 0.6 is 0 Å². The second-order valence-corrected chi connectivity index (χ2v) is 6.81. The Bertz CT molecular complexity index is 558. The normalized spacial score (nSPS) is 13.2. The van der Waals surface area contributed by atoms with E-state index in [9.17, 15) is 14.4 Å². The Labute approximate surface area is 149 Å². The van der Waals surface area contributed by atoms with Crippen molar-refractivity contribution in [1.82, 2.24) is 10.6 Å². The van der Waals surface area contributed by atoms with Crippen LogP contribution in [-0.2, 0) is 20.9 Å². The number of nitrogens with one attached hydrogen (secondary N) is 2. The molecule has 1 aromatic rings. The predicted molar refractivity (Wildman–Crippen MR) is 95.8 cm³/mol. The number of carbonyl (C=O) groups is 3. The van der Waals surface area contributed by atoms with Gasteiger partial charge in [-0.15, -0.1) is 0 Å². The van der Waals surface area contributed by atoms with Crippen molar-refractivity contribution in [2.75, 3.05) is 0 Å². The standard InChI is InChI=1S/C19H28N2O4/c1-13(2)10-16(11-22)20-18(23)17(14(3)4)21-19(24)25-12-15-8-6-5-7-9-15/h5-9,11,13-14,16-17H,10,12H2,1-4H3,(H,20,23)(H,21,24)/t16-,17-/m0/s1. The zero-order valence-electron chi connectivity index (χ0n) is 15.3. The Balaban J connectivity index is 2.58. The number of aldehydes is 1. The number of alkyl carbamates (subject to hydrolysis) is 1. The van der Waals surface area contributed by atoms with E-state index in [-0.39, 0.29) is 24.3 Å². The molecule has 0 heterocycles. The van der Waals surface area contributed by atoms with Crippen molar-refractivity contribution in [3.8, 4) is 0 Å². The first-order chi connectivity index (χ1) is 11.8. The fourth-order valence-electron chi connectivity index (χ4n) is 2.36. The number of rotatable bonds is 9. The van der Waals surface area contributed by atoms with Crippen LogP contribution in [0.25, 0.3) is 0 Å². The van der Waals surface area contributed by atoms with Crippen molar-refractivity contribution >= 4 is 18.3 Å². The highest BCUT2D eigenvalue weighted by Crippen LogP contribution is 2.07. The number of hydrogen-bond donors (Lipinski definition) is 2. The van der Waals surface area contributed by atoms with Gasteiger partial charge < -0.3 is 20.2 Å². The third-order valence-electron chi connectivity index (χ3n) is 3.65. The van der Waals surface area contributed by atoms with Crippen molar-refractivity contribution < 1.29 is 19.1 Å². The third kappa shape index (κ3) is 7.83. The summed E-state index contributed by atoms with van der Waals surface area (Å²) in [6.07, 6.45) is 0.617. The second kappa shape index (κ2) is 10.5. The van der Waals surface area contributed by atoms with Crippen molar-refractivity contribution in [3.05, 3.63) is 35.9 Å². The predicted octanol–water partition coefficient (Wildman–Crippen LogP) is 2.67. The van der Waals surface area contributed by atoms with Gasteiger partial charge in [-0.2, -0.15) is 0 Å². The maximum atomic E-state index is 12.4. The molecule has 6 nitrogen and oxygen atoms in total. The maximum absolute atomic E-state index is 12.4. The SMILES string of the molecule is CC(C)C[C@@H](C=O)NC(=O)[C@@H](NC(=O)OCc1ccccc1)C(C)C. The first kappa shape index (κ1) is 20.7. The van der Waals surface area contributed by atoms with Gasteiger partial charge in [0.25, 0.3) is 0 Å². The highest BCUT2D eigenvalue weighted by molar-refractivity contribution is 5.87. The molecular formula is C19H28N2O4. The lowest BCUT2D eigenvalue weighted by atomic mass is 10.0. The van der Waals surface area contributed by atoms with Gasteiger partial charge in [0.05, 0.1) is 6.04 Å². The van der Waals surface area contributed by atoms with Crippen LogP contribution in [0.5, 0.6) is 0 Å². The molecule has 0 fully saturated rings. The smallest absolute Gasteiger partial charge is 0.408 e. The quantitative estimate of drug-likeness (QED) is 0.672. The van der Waals surface area contributed by atoms with E-state index in [4.69, 9.17) is 4.74 Å². The Morgan fingerprint density at radius 2 is 1.72 bits per heavy atom. The highest BCUT2D eigenvalue weighted by Gasteiger charge is 2.26. The van der Waals surface area contributed by atoms with Crippen LogP contribution in [-0.4, -0.2) is 30.4 Å². The second-order valence-electron chi connectivity index (χ2n) is 6.81. The van der Waals surface area contributed by atoms with Gasteiger partial charge in [-0.25, -0.2) is 4.79 Å². The molecule has 0 aliphatic heterocycles. The number of ether oxygens (including phenoxy) is 1. The van der Waals surface area contributed by atoms with Gasteiger partial charge >= 0.3 is 6.09 Å². The molecule has 25 heavy (non-hydrogen) atoms. The summed E-state index contributed by atoms with van der Waals surface area (Å²) in [5, 5.41) is 5.26. The molecule has 1 aromatic carbocycles. The Morgan fingerprint density at radius 1 is 1.08 bits per heavy atom. The van der Waals surface area contributed by atoms with Crippen LogP contribution < -0.4 is 10.6 Å². The lowest BCUT2D eigenvalue weighted by Crippen LogP contribution is -2.52. The van der Waals surface area contributed by atoms with Crippen LogP contribution in [0, 0.1) is 11.8 Å². The number of amides is 2. The molecule has 0 aliphatic rings. The minimum atomic E-state index is -0.766. The van der Waals surface area contributed by atoms with Crippen molar-refractivity contribution in [2.45, 2.75) is 52.8 Å². The van der Waals surface area contributed by atoms with Gasteiger partial charge in [-0.3, -0.25) is 4.79 Å². The van der Waals surface area contributed by atoms with E-state index in [1.54, 1.807) is 0 Å². The molecule has 0 unspecified atom stereocenters. The molecule has 6 heteroatoms. The average molecular weight is 348 g/mol. The maximum Gasteiger partial charge on any atom is 0.408 e. The van der Waals surface area contributed by atoms with E-state index >= 15 is 0 Å². The fourth-order valence-corrected chi connectivity index (χ4v) is 2.36. The zero-order chi connectivity index (χ0) is 18.8. The van der Waals surface area contributed by atoms with Crippen molar-refractivity contribution in [1.29, 1.82) is 0 Å². The third-order valence-corrected chi connectivity index (χ3v) is 3.65. The molecule has 0 aromatic heterocycles. The van der Waals surface area contributed by atoms with Gasteiger partial charge in [0, 0.05) is 0 Å². The van der Waals surface area contributed by atoms with Gasteiger partial charge in [0.1, 0.15) is 18.9 Å². The van der Waals surface area contributed by atoms with E-state index in [2.05, 4.69) is 10.6 Å². The molecule has 0 saturated carbocycles. The fraction of sp³-hybridized carbons (Fsp3) is 0.526. The molecule has 0 saturated heterocycles. The molecule has 2 amide bonds. The van der Waals surface area contributed by atoms with Gasteiger partial charge in [-0.05, 0) is 23.8 Å². The minimum Gasteiger partial charge on any atom is -0.445 e. The molecule has 0 aliphatic carbocycles. The molecule has 2 N–H and O–H groups in total. The van der Waals surface area contributed by atoms with E-state index in [1.807, 2.05) is 58.0 Å². The number of benzene rings is 1. The van der Waals surface area contributed by atoms with Crippen molar-refractivity contribution in [2.24, 2.45) is 11.8 Å². The van der Waals surface area contributed by atoms with E-state index in [0.29, 0.717) is 6.42 Å². The van der Waals surface area contributed by atoms with Crippen molar-refractivity contribution in [3.63, 3.8) is 0 Å². The molecule has 2 atom stereocenters. The summed E-state index contributed by atoms with van der Waals surface area (Å²) in [5.74, 6) is -0.253. The minimum absolute atomic E-state index is 0.128. The summed E-state index contributed by atoms with van der Waals surface area (Å²) in [6.45, 7) is 7.72. The Morgan fingerprint density at radius 3 is 2.24 bits per heavy atom. The molecule has 1 rings (SSSR count). The van der Waals surface area contributed by atoms with Crippen LogP contribution in [0.4, 0.5) is 4.79 Å². The molecule has 0 bridgehead atoms. The Hall–Kier alpha value is -2.37. The number of carbonyl (C=O) groups excluding carboxylic acids is 3. The monoisotopic (exact) mass is 348 g/mol. The first-order valence-electron chi connectivity index (χ1n) is 8.56. The number of hydrogen-bond acceptors (Lipinski definition) is 4. The molecule has 138 valence electrons. The van der Waals surface area contributed by atoms with Crippen LogP contribution in [0.3, 0.4) is 0 Å². The lowest BCUT2D eigenvalue weighted by molar-refractivity contribution is -0.126. The average Bonchev–Trinajstić information content (AvgIpc) is 2.57. The Kier molecular flexibility index (Phi) is 8.67. The van der Waals surface area contributed by atoms with Gasteiger partial charge in [0.15, 0.2) is 0 Å². The highest BCUT2D eigenvalue weighted by atomic mass is 16.5. The topological polar surface area (TPSA) is 84.5 Å². The van der Waals surface area contributed by atoms with Crippen LogP contribution in [0.15, 0.2) is 30.3 Å². The summed E-state index contributed by atoms with van der Waals surface area (Å²) >= 11 is 0. The first-order valence-corrected chi connectivity index (χ1v) is 8.56. The summed E-state index contributed by atoms with van der Waals surface area (Å²) in [6, 6.07) is 7.96. The molecule has 0 spiro atoms. The largest absolute Gasteiger partial charge is 0.445 e.